The van der Waals surface area contributed by atoms with Gasteiger partial charge in [-0.2, -0.15) is 0 Å². The predicted octanol–water partition coefficient (Wildman–Crippen LogP) is 12.9. The number of aromatic nitrogens is 4. The Morgan fingerprint density at radius 2 is 0.705 bits per heavy atom. The molecule has 0 spiro atoms. The molecule has 0 fully saturated rings. The van der Waals surface area contributed by atoms with Crippen LogP contribution >= 0.6 is 121 Å². The number of benzene rings is 4. The molecule has 226 valence electrons. The van der Waals surface area contributed by atoms with Gasteiger partial charge in [-0.1, -0.05) is 136 Å². The van der Waals surface area contributed by atoms with Gasteiger partial charge in [0.15, 0.2) is 10.3 Å². The highest BCUT2D eigenvalue weighted by atomic mass is 79.9. The van der Waals surface area contributed by atoms with Crippen molar-refractivity contribution in [3.8, 4) is 45.0 Å². The standard InChI is InChI=1S/C32H22Br4N4S2.2BrH/c33-23-9-1-19(2-10-23)27-28(20-3-11-24(34)12-4-20)38-31(37-27)41-17-18-42-32-39-29(21-5-13-25(35)14-6-21)30(40-32)22-7-15-26(36)16-8-22;;/h1-16H,17-18H2,(H,37,38)(H,39,40);2*1H. The van der Waals surface area contributed by atoms with Crippen LogP contribution in [0.5, 0.6) is 0 Å². The Morgan fingerprint density at radius 3 is 1.00 bits per heavy atom. The van der Waals surface area contributed by atoms with Gasteiger partial charge in [0.2, 0.25) is 0 Å². The number of nitrogens with zero attached hydrogens (tertiary/aromatic N) is 2. The van der Waals surface area contributed by atoms with Crippen molar-refractivity contribution in [1.29, 1.82) is 0 Å². The van der Waals surface area contributed by atoms with E-state index >= 15 is 0 Å². The second-order valence-corrected chi connectivity index (χ2v) is 15.1. The summed E-state index contributed by atoms with van der Waals surface area (Å²) in [6, 6.07) is 33.2. The lowest BCUT2D eigenvalue weighted by molar-refractivity contribution is 1.06. The van der Waals surface area contributed by atoms with E-state index in [4.69, 9.17) is 9.97 Å². The Morgan fingerprint density at radius 1 is 0.432 bits per heavy atom. The van der Waals surface area contributed by atoms with Crippen LogP contribution in [0.2, 0.25) is 0 Å². The molecule has 0 amide bonds. The molecule has 12 heteroatoms. The molecule has 0 aliphatic carbocycles. The average Bonchev–Trinajstić information content (AvgIpc) is 3.62. The largest absolute Gasteiger partial charge is 0.332 e. The van der Waals surface area contributed by atoms with Crippen molar-refractivity contribution >= 4 is 121 Å². The summed E-state index contributed by atoms with van der Waals surface area (Å²) >= 11 is 17.6. The van der Waals surface area contributed by atoms with Crippen LogP contribution in [0.15, 0.2) is 125 Å². The number of thioether (sulfide) groups is 2. The second kappa shape index (κ2) is 16.6. The Kier molecular flexibility index (Phi) is 13.5. The van der Waals surface area contributed by atoms with Crippen molar-refractivity contribution in [3.05, 3.63) is 115 Å². The van der Waals surface area contributed by atoms with Crippen LogP contribution in [0.1, 0.15) is 0 Å². The lowest BCUT2D eigenvalue weighted by atomic mass is 10.1. The van der Waals surface area contributed by atoms with Gasteiger partial charge in [-0.15, -0.1) is 34.0 Å². The fourth-order valence-electron chi connectivity index (χ4n) is 4.40. The Labute approximate surface area is 319 Å². The number of halogens is 6. The number of nitrogens with one attached hydrogen (secondary N) is 2. The molecule has 0 saturated heterocycles. The first-order valence-corrected chi connectivity index (χ1v) is 18.1. The summed E-state index contributed by atoms with van der Waals surface area (Å²) < 4.78 is 4.19. The molecule has 2 aromatic heterocycles. The number of hydrogen-bond donors (Lipinski definition) is 2. The number of rotatable bonds is 9. The maximum atomic E-state index is 5.01. The molecule has 0 saturated carbocycles. The monoisotopic (exact) mass is 1000 g/mol. The fraction of sp³-hybridized carbons (Fsp3) is 0.0625. The first kappa shape index (κ1) is 35.7. The fourth-order valence-corrected chi connectivity index (χ4v) is 7.17. The minimum Gasteiger partial charge on any atom is -0.332 e. The highest BCUT2D eigenvalue weighted by Crippen LogP contribution is 2.36. The van der Waals surface area contributed by atoms with E-state index in [-0.39, 0.29) is 34.0 Å². The third kappa shape index (κ3) is 8.82. The third-order valence-corrected chi connectivity index (χ3v) is 10.5. The normalized spacial score (nSPS) is 10.7. The summed E-state index contributed by atoms with van der Waals surface area (Å²) in [5, 5.41) is 1.80. The zero-order chi connectivity index (χ0) is 29.1. The minimum absolute atomic E-state index is 0. The maximum Gasteiger partial charge on any atom is 0.166 e. The van der Waals surface area contributed by atoms with E-state index in [0.717, 1.165) is 84.7 Å². The molecule has 0 aliphatic rings. The van der Waals surface area contributed by atoms with Crippen molar-refractivity contribution in [1.82, 2.24) is 19.9 Å². The third-order valence-electron chi connectivity index (χ3n) is 6.43. The van der Waals surface area contributed by atoms with Gasteiger partial charge in [0.25, 0.3) is 0 Å². The van der Waals surface area contributed by atoms with Crippen molar-refractivity contribution in [2.45, 2.75) is 10.3 Å². The first-order chi connectivity index (χ1) is 20.4. The summed E-state index contributed by atoms with van der Waals surface area (Å²) in [5.74, 6) is 1.75. The average molecular weight is 1010 g/mol. The van der Waals surface area contributed by atoms with Crippen LogP contribution in [0.3, 0.4) is 0 Å². The van der Waals surface area contributed by atoms with Gasteiger partial charge in [0.1, 0.15) is 0 Å². The topological polar surface area (TPSA) is 57.4 Å². The molecular weight excluding hydrogens is 984 g/mol. The van der Waals surface area contributed by atoms with E-state index in [1.54, 1.807) is 23.5 Å². The summed E-state index contributed by atoms with van der Waals surface area (Å²) in [6.45, 7) is 0. The van der Waals surface area contributed by atoms with Crippen molar-refractivity contribution in [2.24, 2.45) is 0 Å². The zero-order valence-electron chi connectivity index (χ0n) is 22.7. The summed E-state index contributed by atoms with van der Waals surface area (Å²) in [5.41, 5.74) is 8.28. The van der Waals surface area contributed by atoms with Gasteiger partial charge in [-0.05, 0) is 48.5 Å². The highest BCUT2D eigenvalue weighted by Gasteiger charge is 2.17. The molecule has 0 bridgehead atoms. The smallest absolute Gasteiger partial charge is 0.166 e. The van der Waals surface area contributed by atoms with Gasteiger partial charge in [-0.25, -0.2) is 9.97 Å². The zero-order valence-corrected chi connectivity index (χ0v) is 34.1. The van der Waals surface area contributed by atoms with E-state index in [1.807, 2.05) is 24.3 Å². The van der Waals surface area contributed by atoms with Crippen LogP contribution in [-0.2, 0) is 0 Å². The van der Waals surface area contributed by atoms with Gasteiger partial charge in [0.05, 0.1) is 22.8 Å². The van der Waals surface area contributed by atoms with Crippen LogP contribution in [0, 0.1) is 0 Å². The summed E-state index contributed by atoms with van der Waals surface area (Å²) in [6.07, 6.45) is 0. The molecule has 0 radical (unpaired) electrons. The molecule has 2 heterocycles. The summed E-state index contributed by atoms with van der Waals surface area (Å²) in [4.78, 5) is 17.2. The SMILES string of the molecule is Br.Br.Brc1ccc(-c2nc(SCCSc3nc(-c4ccc(Br)cc4)c(-c4ccc(Br)cc4)[nH]3)[nH]c2-c2ccc(Br)cc2)cc1. The van der Waals surface area contributed by atoms with E-state index in [9.17, 15) is 0 Å². The second-order valence-electron chi connectivity index (χ2n) is 9.26. The molecule has 0 aliphatic heterocycles. The number of imidazole rings is 2. The van der Waals surface area contributed by atoms with Crippen LogP contribution in [0.4, 0.5) is 0 Å². The predicted molar refractivity (Wildman–Crippen MR) is 212 cm³/mol. The molecule has 0 unspecified atom stereocenters. The van der Waals surface area contributed by atoms with E-state index < -0.39 is 0 Å². The van der Waals surface area contributed by atoms with Crippen LogP contribution < -0.4 is 0 Å². The van der Waals surface area contributed by atoms with E-state index in [1.165, 1.54) is 0 Å². The van der Waals surface area contributed by atoms with Gasteiger partial charge in [0, 0.05) is 51.7 Å². The molecule has 6 rings (SSSR count). The molecule has 4 nitrogen and oxygen atoms in total. The Balaban J connectivity index is 0.00000221. The maximum absolute atomic E-state index is 5.01. The van der Waals surface area contributed by atoms with E-state index in [2.05, 4.69) is 146 Å². The lowest BCUT2D eigenvalue weighted by Crippen LogP contribution is -1.87. The molecule has 2 N–H and O–H groups in total. The first-order valence-electron chi connectivity index (χ1n) is 12.9. The summed E-state index contributed by atoms with van der Waals surface area (Å²) in [7, 11) is 0. The Hall–Kier alpha value is -1.12. The van der Waals surface area contributed by atoms with Crippen molar-refractivity contribution < 1.29 is 0 Å². The number of aromatic amines is 2. The van der Waals surface area contributed by atoms with Crippen LogP contribution in [0.25, 0.3) is 45.0 Å². The van der Waals surface area contributed by atoms with Gasteiger partial charge < -0.3 is 9.97 Å². The number of H-pyrrole nitrogens is 2. The van der Waals surface area contributed by atoms with Crippen LogP contribution in [-0.4, -0.2) is 31.4 Å². The van der Waals surface area contributed by atoms with Gasteiger partial charge >= 0.3 is 0 Å². The Bertz CT molecular complexity index is 1540. The quantitative estimate of drug-likeness (QED) is 0.112. The lowest BCUT2D eigenvalue weighted by Gasteiger charge is -2.04. The molecule has 4 aromatic carbocycles. The minimum atomic E-state index is 0. The number of hydrogen-bond acceptors (Lipinski definition) is 4. The molecule has 6 aromatic rings. The van der Waals surface area contributed by atoms with Gasteiger partial charge in [-0.3, -0.25) is 0 Å². The highest BCUT2D eigenvalue weighted by molar-refractivity contribution is 9.11. The van der Waals surface area contributed by atoms with E-state index in [0.29, 0.717) is 0 Å². The molecule has 44 heavy (non-hydrogen) atoms. The van der Waals surface area contributed by atoms with Crippen molar-refractivity contribution in [2.75, 3.05) is 11.5 Å². The van der Waals surface area contributed by atoms with Crippen molar-refractivity contribution in [3.63, 3.8) is 0 Å². The molecular formula is C32H24Br6N4S2. The molecule has 0 atom stereocenters.